The number of rotatable bonds is 3. The summed E-state index contributed by atoms with van der Waals surface area (Å²) >= 11 is 1.82. The van der Waals surface area contributed by atoms with Crippen LogP contribution in [-0.4, -0.2) is 0 Å². The SMILES string of the molecule is C=Cc1cccc(C(C)(C)C)c1Cc1cccs1. The van der Waals surface area contributed by atoms with Crippen LogP contribution in [0.3, 0.4) is 0 Å². The van der Waals surface area contributed by atoms with Gasteiger partial charge in [-0.05, 0) is 33.6 Å². The van der Waals surface area contributed by atoms with Crippen LogP contribution < -0.4 is 0 Å². The predicted octanol–water partition coefficient (Wildman–Crippen LogP) is 5.28. The van der Waals surface area contributed by atoms with Gasteiger partial charge >= 0.3 is 0 Å². The van der Waals surface area contributed by atoms with Crippen molar-refractivity contribution in [3.05, 3.63) is 63.9 Å². The summed E-state index contributed by atoms with van der Waals surface area (Å²) in [6.07, 6.45) is 2.98. The lowest BCUT2D eigenvalue weighted by atomic mass is 9.81. The molecule has 1 heteroatoms. The second kappa shape index (κ2) is 5.11. The summed E-state index contributed by atoms with van der Waals surface area (Å²) in [7, 11) is 0. The monoisotopic (exact) mass is 256 g/mol. The highest BCUT2D eigenvalue weighted by molar-refractivity contribution is 7.09. The van der Waals surface area contributed by atoms with E-state index in [2.05, 4.69) is 63.1 Å². The summed E-state index contributed by atoms with van der Waals surface area (Å²) < 4.78 is 0. The quantitative estimate of drug-likeness (QED) is 0.701. The fourth-order valence-corrected chi connectivity index (χ4v) is 3.00. The van der Waals surface area contributed by atoms with Gasteiger partial charge in [0.15, 0.2) is 0 Å². The van der Waals surface area contributed by atoms with E-state index in [9.17, 15) is 0 Å². The van der Waals surface area contributed by atoms with E-state index in [1.165, 1.54) is 21.6 Å². The molecule has 0 radical (unpaired) electrons. The fraction of sp³-hybridized carbons (Fsp3) is 0.294. The Balaban J connectivity index is 2.51. The van der Waals surface area contributed by atoms with E-state index >= 15 is 0 Å². The van der Waals surface area contributed by atoms with Gasteiger partial charge in [0.05, 0.1) is 0 Å². The van der Waals surface area contributed by atoms with Gasteiger partial charge in [-0.2, -0.15) is 0 Å². The number of hydrogen-bond donors (Lipinski definition) is 0. The molecule has 0 aliphatic heterocycles. The molecule has 1 aromatic carbocycles. The number of thiophene rings is 1. The lowest BCUT2D eigenvalue weighted by molar-refractivity contribution is 0.584. The van der Waals surface area contributed by atoms with Crippen LogP contribution in [0, 0.1) is 0 Å². The molecule has 1 heterocycles. The van der Waals surface area contributed by atoms with Gasteiger partial charge in [0.25, 0.3) is 0 Å². The minimum absolute atomic E-state index is 0.172. The first-order valence-electron chi connectivity index (χ1n) is 6.29. The van der Waals surface area contributed by atoms with Crippen LogP contribution in [0.5, 0.6) is 0 Å². The second-order valence-electron chi connectivity index (χ2n) is 5.58. The van der Waals surface area contributed by atoms with Crippen molar-refractivity contribution in [2.75, 3.05) is 0 Å². The average molecular weight is 256 g/mol. The van der Waals surface area contributed by atoms with Crippen molar-refractivity contribution in [3.63, 3.8) is 0 Å². The van der Waals surface area contributed by atoms with Gasteiger partial charge in [-0.25, -0.2) is 0 Å². The smallest absolute Gasteiger partial charge is 0.00893 e. The molecule has 2 rings (SSSR count). The van der Waals surface area contributed by atoms with E-state index < -0.39 is 0 Å². The predicted molar refractivity (Wildman–Crippen MR) is 82.4 cm³/mol. The van der Waals surface area contributed by atoms with Crippen LogP contribution in [0.25, 0.3) is 6.08 Å². The molecule has 0 spiro atoms. The van der Waals surface area contributed by atoms with E-state index in [4.69, 9.17) is 0 Å². The Morgan fingerprint density at radius 1 is 1.17 bits per heavy atom. The van der Waals surface area contributed by atoms with Crippen molar-refractivity contribution in [3.8, 4) is 0 Å². The van der Waals surface area contributed by atoms with Crippen molar-refractivity contribution >= 4 is 17.4 Å². The zero-order valence-electron chi connectivity index (χ0n) is 11.4. The standard InChI is InChI=1S/C17H20S/c1-5-13-8-6-10-16(17(2,3)4)15(13)12-14-9-7-11-18-14/h5-11H,1,12H2,2-4H3. The molecule has 0 unspecified atom stereocenters. The Bertz CT molecular complexity index is 527. The molecule has 0 amide bonds. The van der Waals surface area contributed by atoms with E-state index in [0.717, 1.165) is 6.42 Å². The maximum Gasteiger partial charge on any atom is 0.00893 e. The lowest BCUT2D eigenvalue weighted by Gasteiger charge is -2.24. The van der Waals surface area contributed by atoms with Crippen LogP contribution in [0.15, 0.2) is 42.3 Å². The molecule has 0 aliphatic rings. The lowest BCUT2D eigenvalue weighted by Crippen LogP contribution is -2.15. The summed E-state index contributed by atoms with van der Waals surface area (Å²) in [6.45, 7) is 10.8. The van der Waals surface area contributed by atoms with Gasteiger partial charge in [0, 0.05) is 11.3 Å². The molecule has 2 aromatic rings. The highest BCUT2D eigenvalue weighted by Crippen LogP contribution is 2.31. The Labute approximate surface area is 114 Å². The first-order valence-corrected chi connectivity index (χ1v) is 7.17. The van der Waals surface area contributed by atoms with Crippen molar-refractivity contribution < 1.29 is 0 Å². The van der Waals surface area contributed by atoms with Crippen LogP contribution in [0.1, 0.15) is 42.3 Å². The summed E-state index contributed by atoms with van der Waals surface area (Å²) in [5.74, 6) is 0. The summed E-state index contributed by atoms with van der Waals surface area (Å²) in [4.78, 5) is 1.41. The molecule has 0 aliphatic carbocycles. The molecular weight excluding hydrogens is 236 g/mol. The Kier molecular flexibility index (Phi) is 3.72. The summed E-state index contributed by atoms with van der Waals surface area (Å²) in [5, 5.41) is 2.14. The van der Waals surface area contributed by atoms with Gasteiger partial charge in [0.1, 0.15) is 0 Å². The molecule has 0 atom stereocenters. The molecule has 0 bridgehead atoms. The van der Waals surface area contributed by atoms with Crippen molar-refractivity contribution in [1.29, 1.82) is 0 Å². The summed E-state index contributed by atoms with van der Waals surface area (Å²) in [6, 6.07) is 10.9. The summed E-state index contributed by atoms with van der Waals surface area (Å²) in [5.41, 5.74) is 4.28. The topological polar surface area (TPSA) is 0 Å². The zero-order valence-corrected chi connectivity index (χ0v) is 12.2. The van der Waals surface area contributed by atoms with E-state index in [-0.39, 0.29) is 5.41 Å². The molecule has 0 nitrogen and oxygen atoms in total. The molecule has 0 N–H and O–H groups in total. The van der Waals surface area contributed by atoms with E-state index in [1.807, 2.05) is 17.4 Å². The number of benzene rings is 1. The zero-order chi connectivity index (χ0) is 13.2. The molecule has 0 saturated heterocycles. The third kappa shape index (κ3) is 2.73. The van der Waals surface area contributed by atoms with Crippen LogP contribution in [0.2, 0.25) is 0 Å². The minimum atomic E-state index is 0.172. The van der Waals surface area contributed by atoms with Gasteiger partial charge in [0.2, 0.25) is 0 Å². The van der Waals surface area contributed by atoms with Crippen LogP contribution in [0.4, 0.5) is 0 Å². The Morgan fingerprint density at radius 3 is 2.50 bits per heavy atom. The molecular formula is C17H20S. The Morgan fingerprint density at radius 2 is 1.94 bits per heavy atom. The molecule has 18 heavy (non-hydrogen) atoms. The van der Waals surface area contributed by atoms with E-state index in [0.29, 0.717) is 0 Å². The minimum Gasteiger partial charge on any atom is -0.149 e. The third-order valence-electron chi connectivity index (χ3n) is 3.17. The van der Waals surface area contributed by atoms with Gasteiger partial charge < -0.3 is 0 Å². The third-order valence-corrected chi connectivity index (χ3v) is 4.05. The maximum absolute atomic E-state index is 3.95. The maximum atomic E-state index is 3.95. The highest BCUT2D eigenvalue weighted by Gasteiger charge is 2.19. The van der Waals surface area contributed by atoms with E-state index in [1.54, 1.807) is 0 Å². The van der Waals surface area contributed by atoms with Crippen LogP contribution in [-0.2, 0) is 11.8 Å². The number of hydrogen-bond acceptors (Lipinski definition) is 1. The van der Waals surface area contributed by atoms with Crippen molar-refractivity contribution in [2.45, 2.75) is 32.6 Å². The van der Waals surface area contributed by atoms with Crippen molar-refractivity contribution in [2.24, 2.45) is 0 Å². The van der Waals surface area contributed by atoms with Gasteiger partial charge in [-0.15, -0.1) is 11.3 Å². The van der Waals surface area contributed by atoms with Crippen molar-refractivity contribution in [1.82, 2.24) is 0 Å². The van der Waals surface area contributed by atoms with Gasteiger partial charge in [-0.1, -0.05) is 57.7 Å². The normalized spacial score (nSPS) is 11.5. The second-order valence-corrected chi connectivity index (χ2v) is 6.62. The molecule has 94 valence electrons. The Hall–Kier alpha value is -1.34. The highest BCUT2D eigenvalue weighted by atomic mass is 32.1. The van der Waals surface area contributed by atoms with Gasteiger partial charge in [-0.3, -0.25) is 0 Å². The average Bonchev–Trinajstić information content (AvgIpc) is 2.80. The van der Waals surface area contributed by atoms with Crippen LogP contribution >= 0.6 is 11.3 Å². The first kappa shape index (κ1) is 13.1. The fourth-order valence-electron chi connectivity index (χ4n) is 2.28. The molecule has 0 fully saturated rings. The molecule has 1 aromatic heterocycles. The largest absolute Gasteiger partial charge is 0.149 e. The first-order chi connectivity index (χ1) is 8.52. The molecule has 0 saturated carbocycles.